The quantitative estimate of drug-likeness (QED) is 0.602. The number of rotatable bonds is 6. The van der Waals surface area contributed by atoms with E-state index in [1.165, 1.54) is 7.11 Å². The molecule has 0 bridgehead atoms. The van der Waals surface area contributed by atoms with E-state index in [0.717, 1.165) is 5.56 Å². The lowest BCUT2D eigenvalue weighted by Gasteiger charge is -2.15. The number of ether oxygens (including phenoxy) is 3. The number of aryl methyl sites for hydroxylation is 1. The van der Waals surface area contributed by atoms with Gasteiger partial charge in [0.15, 0.2) is 11.9 Å². The lowest BCUT2D eigenvalue weighted by atomic mass is 10.0. The monoisotopic (exact) mass is 328 g/mol. The molecular weight excluding hydrogens is 308 g/mol. The van der Waals surface area contributed by atoms with E-state index in [2.05, 4.69) is 4.74 Å². The molecule has 0 aliphatic heterocycles. The van der Waals surface area contributed by atoms with E-state index < -0.39 is 12.1 Å². The molecule has 2 aromatic rings. The molecule has 0 aromatic heterocycles. The Labute approximate surface area is 141 Å². The molecule has 0 heterocycles. The maximum Gasteiger partial charge on any atom is 0.346 e. The summed E-state index contributed by atoms with van der Waals surface area (Å²) >= 11 is 0. The maximum absolute atomic E-state index is 12.5. The van der Waals surface area contributed by atoms with Crippen LogP contribution in [-0.4, -0.2) is 32.1 Å². The molecule has 126 valence electrons. The van der Waals surface area contributed by atoms with Crippen LogP contribution in [0.5, 0.6) is 11.5 Å². The van der Waals surface area contributed by atoms with Crippen LogP contribution in [0.1, 0.15) is 28.4 Å². The van der Waals surface area contributed by atoms with Crippen LogP contribution in [0.2, 0.25) is 0 Å². The van der Waals surface area contributed by atoms with Crippen LogP contribution < -0.4 is 9.47 Å². The van der Waals surface area contributed by atoms with Crippen molar-refractivity contribution >= 4 is 11.8 Å². The van der Waals surface area contributed by atoms with Crippen LogP contribution >= 0.6 is 0 Å². The lowest BCUT2D eigenvalue weighted by Crippen LogP contribution is -2.25. The molecule has 0 aliphatic carbocycles. The van der Waals surface area contributed by atoms with E-state index in [0.29, 0.717) is 22.6 Å². The van der Waals surface area contributed by atoms with E-state index in [-0.39, 0.29) is 5.78 Å². The molecule has 5 nitrogen and oxygen atoms in total. The summed E-state index contributed by atoms with van der Waals surface area (Å²) < 4.78 is 15.3. The molecule has 1 atom stereocenters. The van der Waals surface area contributed by atoms with E-state index >= 15 is 0 Å². The summed E-state index contributed by atoms with van der Waals surface area (Å²) in [6.07, 6.45) is -0.711. The summed E-state index contributed by atoms with van der Waals surface area (Å²) in [7, 11) is 2.89. The van der Waals surface area contributed by atoms with Gasteiger partial charge in [-0.1, -0.05) is 0 Å². The van der Waals surface area contributed by atoms with Gasteiger partial charge in [-0.2, -0.15) is 0 Å². The number of hydrogen-bond acceptors (Lipinski definition) is 5. The average molecular weight is 328 g/mol. The molecular formula is C19H20O5. The third-order valence-corrected chi connectivity index (χ3v) is 3.63. The van der Waals surface area contributed by atoms with Gasteiger partial charge in [0.25, 0.3) is 0 Å². The van der Waals surface area contributed by atoms with Crippen molar-refractivity contribution in [1.29, 1.82) is 0 Å². The average Bonchev–Trinajstić information content (AvgIpc) is 2.62. The van der Waals surface area contributed by atoms with Crippen molar-refractivity contribution in [2.75, 3.05) is 14.2 Å². The van der Waals surface area contributed by atoms with Crippen LogP contribution in [0.15, 0.2) is 42.5 Å². The maximum atomic E-state index is 12.5. The Morgan fingerprint density at radius 3 is 2.12 bits per heavy atom. The van der Waals surface area contributed by atoms with Crippen LogP contribution in [0.4, 0.5) is 0 Å². The van der Waals surface area contributed by atoms with Crippen molar-refractivity contribution in [2.45, 2.75) is 20.0 Å². The second-order valence-electron chi connectivity index (χ2n) is 5.32. The zero-order valence-electron chi connectivity index (χ0n) is 14.2. The fourth-order valence-corrected chi connectivity index (χ4v) is 2.24. The summed E-state index contributed by atoms with van der Waals surface area (Å²) in [5, 5.41) is 0. The Morgan fingerprint density at radius 2 is 1.58 bits per heavy atom. The van der Waals surface area contributed by atoms with E-state index in [4.69, 9.17) is 9.47 Å². The first-order valence-electron chi connectivity index (χ1n) is 7.50. The van der Waals surface area contributed by atoms with E-state index in [9.17, 15) is 9.59 Å². The second kappa shape index (κ2) is 7.64. The van der Waals surface area contributed by atoms with Gasteiger partial charge in [-0.25, -0.2) is 4.79 Å². The second-order valence-corrected chi connectivity index (χ2v) is 5.32. The van der Waals surface area contributed by atoms with Gasteiger partial charge in [0.05, 0.1) is 14.2 Å². The first-order chi connectivity index (χ1) is 11.5. The SMILES string of the molecule is COC(=O)C(C)Oc1ccc(C(=O)c2ccc(OC)cc2)cc1C. The first kappa shape index (κ1) is 17.5. The molecule has 0 saturated carbocycles. The minimum absolute atomic E-state index is 0.0895. The predicted molar refractivity (Wildman–Crippen MR) is 89.7 cm³/mol. The third kappa shape index (κ3) is 3.93. The molecule has 0 saturated heterocycles. The molecule has 0 fully saturated rings. The molecule has 24 heavy (non-hydrogen) atoms. The van der Waals surface area contributed by atoms with E-state index in [1.54, 1.807) is 56.5 Å². The molecule has 0 amide bonds. The van der Waals surface area contributed by atoms with Gasteiger partial charge < -0.3 is 14.2 Å². The van der Waals surface area contributed by atoms with Gasteiger partial charge in [-0.3, -0.25) is 4.79 Å². The van der Waals surface area contributed by atoms with Crippen LogP contribution in [-0.2, 0) is 9.53 Å². The third-order valence-electron chi connectivity index (χ3n) is 3.63. The highest BCUT2D eigenvalue weighted by Crippen LogP contribution is 2.23. The summed E-state index contributed by atoms with van der Waals surface area (Å²) in [6, 6.07) is 12.0. The molecule has 0 N–H and O–H groups in total. The minimum Gasteiger partial charge on any atom is -0.497 e. The van der Waals surface area contributed by atoms with Crippen molar-refractivity contribution in [3.05, 3.63) is 59.2 Å². The van der Waals surface area contributed by atoms with Gasteiger partial charge in [0.1, 0.15) is 11.5 Å². The number of ketones is 1. The number of carbonyl (C=O) groups excluding carboxylic acids is 2. The van der Waals surface area contributed by atoms with Gasteiger partial charge in [-0.05, 0) is 61.9 Å². The van der Waals surface area contributed by atoms with Crippen LogP contribution in [0, 0.1) is 6.92 Å². The van der Waals surface area contributed by atoms with Crippen molar-refractivity contribution in [3.8, 4) is 11.5 Å². The fourth-order valence-electron chi connectivity index (χ4n) is 2.24. The zero-order valence-corrected chi connectivity index (χ0v) is 14.2. The highest BCUT2D eigenvalue weighted by atomic mass is 16.6. The topological polar surface area (TPSA) is 61.8 Å². The summed E-state index contributed by atoms with van der Waals surface area (Å²) in [5.74, 6) is 0.698. The van der Waals surface area contributed by atoms with Gasteiger partial charge in [-0.15, -0.1) is 0 Å². The number of methoxy groups -OCH3 is 2. The number of carbonyl (C=O) groups is 2. The molecule has 0 spiro atoms. The smallest absolute Gasteiger partial charge is 0.346 e. The van der Waals surface area contributed by atoms with Gasteiger partial charge in [0, 0.05) is 11.1 Å². The molecule has 0 radical (unpaired) electrons. The summed E-state index contributed by atoms with van der Waals surface area (Å²) in [6.45, 7) is 3.44. The Kier molecular flexibility index (Phi) is 5.58. The van der Waals surface area contributed by atoms with E-state index in [1.807, 2.05) is 6.92 Å². The van der Waals surface area contributed by atoms with Gasteiger partial charge in [0.2, 0.25) is 0 Å². The van der Waals surface area contributed by atoms with Crippen LogP contribution in [0.3, 0.4) is 0 Å². The molecule has 1 unspecified atom stereocenters. The molecule has 2 rings (SSSR count). The summed E-state index contributed by atoms with van der Waals surface area (Å²) in [4.78, 5) is 24.0. The molecule has 2 aromatic carbocycles. The van der Waals surface area contributed by atoms with Crippen LogP contribution in [0.25, 0.3) is 0 Å². The first-order valence-corrected chi connectivity index (χ1v) is 7.50. The lowest BCUT2D eigenvalue weighted by molar-refractivity contribution is -0.147. The fraction of sp³-hybridized carbons (Fsp3) is 0.263. The Balaban J connectivity index is 2.18. The minimum atomic E-state index is -0.711. The largest absolute Gasteiger partial charge is 0.497 e. The Hall–Kier alpha value is -2.82. The van der Waals surface area contributed by atoms with Crippen molar-refractivity contribution in [2.24, 2.45) is 0 Å². The zero-order chi connectivity index (χ0) is 17.7. The number of benzene rings is 2. The van der Waals surface area contributed by atoms with Crippen molar-refractivity contribution in [1.82, 2.24) is 0 Å². The number of hydrogen-bond donors (Lipinski definition) is 0. The van der Waals surface area contributed by atoms with Crippen molar-refractivity contribution < 1.29 is 23.8 Å². The Bertz CT molecular complexity index is 734. The highest BCUT2D eigenvalue weighted by Gasteiger charge is 2.17. The highest BCUT2D eigenvalue weighted by molar-refractivity contribution is 6.09. The summed E-state index contributed by atoms with van der Waals surface area (Å²) in [5.41, 5.74) is 1.90. The normalized spacial score (nSPS) is 11.5. The molecule has 5 heteroatoms. The number of esters is 1. The standard InChI is InChI=1S/C19H20O5/c1-12-11-15(7-10-17(12)24-13(2)19(21)23-4)18(20)14-5-8-16(22-3)9-6-14/h5-11,13H,1-4H3. The Morgan fingerprint density at radius 1 is 0.958 bits per heavy atom. The van der Waals surface area contributed by atoms with Gasteiger partial charge >= 0.3 is 5.97 Å². The predicted octanol–water partition coefficient (Wildman–Crippen LogP) is 3.17. The molecule has 0 aliphatic rings. The van der Waals surface area contributed by atoms with Crippen molar-refractivity contribution in [3.63, 3.8) is 0 Å².